The second-order valence-corrected chi connectivity index (χ2v) is 5.65. The van der Waals surface area contributed by atoms with Crippen LogP contribution in [-0.2, 0) is 10.2 Å². The van der Waals surface area contributed by atoms with E-state index in [0.29, 0.717) is 26.2 Å². The lowest BCUT2D eigenvalue weighted by atomic mass is 10.2. The van der Waals surface area contributed by atoms with E-state index in [1.807, 2.05) is 24.3 Å². The molecule has 1 aliphatic rings. The number of nitrogens with zero attached hydrogens (tertiary/aromatic N) is 2. The third-order valence-corrected chi connectivity index (χ3v) is 4.11. The molecule has 1 fully saturated rings. The Hall–Kier alpha value is -1.02. The smallest absolute Gasteiger partial charge is 0.277 e. The van der Waals surface area contributed by atoms with Crippen LogP contribution in [0, 0.1) is 0 Å². The van der Waals surface area contributed by atoms with Crippen LogP contribution in [0.5, 0.6) is 5.75 Å². The highest BCUT2D eigenvalue weighted by Crippen LogP contribution is 2.28. The summed E-state index contributed by atoms with van der Waals surface area (Å²) >= 11 is 0. The largest absolute Gasteiger partial charge is 0.495 e. The van der Waals surface area contributed by atoms with Crippen LogP contribution in [0.15, 0.2) is 24.3 Å². The van der Waals surface area contributed by atoms with E-state index in [2.05, 4.69) is 4.90 Å². The topological polar surface area (TPSA) is 75.9 Å². The van der Waals surface area contributed by atoms with E-state index in [-0.39, 0.29) is 12.4 Å². The van der Waals surface area contributed by atoms with Crippen LogP contribution in [0.1, 0.15) is 0 Å². The summed E-state index contributed by atoms with van der Waals surface area (Å²) in [5.41, 5.74) is 0.981. The first-order valence-electron chi connectivity index (χ1n) is 5.68. The van der Waals surface area contributed by atoms with Gasteiger partial charge in [0.1, 0.15) is 5.75 Å². The summed E-state index contributed by atoms with van der Waals surface area (Å²) in [6, 6.07) is 7.69. The van der Waals surface area contributed by atoms with Crippen LogP contribution in [0.2, 0.25) is 0 Å². The van der Waals surface area contributed by atoms with Gasteiger partial charge in [0.2, 0.25) is 0 Å². The third kappa shape index (κ3) is 3.73. The van der Waals surface area contributed by atoms with E-state index < -0.39 is 10.2 Å². The summed E-state index contributed by atoms with van der Waals surface area (Å²) in [7, 11) is -1.95. The Kier molecular flexibility index (Phi) is 5.42. The van der Waals surface area contributed by atoms with Crippen molar-refractivity contribution >= 4 is 28.3 Å². The van der Waals surface area contributed by atoms with Crippen molar-refractivity contribution in [1.29, 1.82) is 0 Å². The molecular formula is C11H18ClN3O3S. The fourth-order valence-electron chi connectivity index (χ4n) is 2.07. The van der Waals surface area contributed by atoms with Gasteiger partial charge in [0.05, 0.1) is 12.8 Å². The lowest BCUT2D eigenvalue weighted by molar-refractivity contribution is 0.379. The van der Waals surface area contributed by atoms with Crippen molar-refractivity contribution in [1.82, 2.24) is 4.31 Å². The van der Waals surface area contributed by atoms with Crippen LogP contribution in [0.3, 0.4) is 0 Å². The number of ether oxygens (including phenoxy) is 1. The molecule has 1 aliphatic heterocycles. The zero-order chi connectivity index (χ0) is 13.2. The van der Waals surface area contributed by atoms with Crippen molar-refractivity contribution in [3.63, 3.8) is 0 Å². The minimum absolute atomic E-state index is 0. The summed E-state index contributed by atoms with van der Waals surface area (Å²) in [4.78, 5) is 2.10. The summed E-state index contributed by atoms with van der Waals surface area (Å²) in [6.07, 6.45) is 0. The Bertz CT molecular complexity index is 516. The van der Waals surface area contributed by atoms with Gasteiger partial charge < -0.3 is 9.64 Å². The van der Waals surface area contributed by atoms with Crippen molar-refractivity contribution in [2.75, 3.05) is 38.2 Å². The summed E-state index contributed by atoms with van der Waals surface area (Å²) < 4.78 is 29.0. The molecule has 0 atom stereocenters. The highest BCUT2D eigenvalue weighted by Gasteiger charge is 2.25. The minimum Gasteiger partial charge on any atom is -0.495 e. The molecule has 0 unspecified atom stereocenters. The van der Waals surface area contributed by atoms with Gasteiger partial charge in [-0.1, -0.05) is 12.1 Å². The monoisotopic (exact) mass is 307 g/mol. The molecule has 2 N–H and O–H groups in total. The Balaban J connectivity index is 0.00000180. The summed E-state index contributed by atoms with van der Waals surface area (Å²) in [5, 5.41) is 5.11. The van der Waals surface area contributed by atoms with Gasteiger partial charge in [-0.05, 0) is 12.1 Å². The van der Waals surface area contributed by atoms with Gasteiger partial charge >= 0.3 is 0 Å². The first-order chi connectivity index (χ1) is 8.52. The minimum atomic E-state index is -3.57. The van der Waals surface area contributed by atoms with Gasteiger partial charge in [0.15, 0.2) is 0 Å². The number of piperazine rings is 1. The molecule has 2 rings (SSSR count). The van der Waals surface area contributed by atoms with Crippen LogP contribution >= 0.6 is 12.4 Å². The average Bonchev–Trinajstić information content (AvgIpc) is 2.38. The first kappa shape index (κ1) is 16.0. The van der Waals surface area contributed by atoms with Crippen LogP contribution < -0.4 is 14.8 Å². The fraction of sp³-hybridized carbons (Fsp3) is 0.455. The van der Waals surface area contributed by atoms with Gasteiger partial charge in [-0.25, -0.2) is 5.14 Å². The summed E-state index contributed by atoms with van der Waals surface area (Å²) in [6.45, 7) is 2.02. The maximum atomic E-state index is 11.2. The van der Waals surface area contributed by atoms with Crippen molar-refractivity contribution < 1.29 is 13.2 Å². The van der Waals surface area contributed by atoms with E-state index in [1.54, 1.807) is 7.11 Å². The number of halogens is 1. The standard InChI is InChI=1S/C11H17N3O3S.ClH/c1-17-11-5-3-2-4-10(11)13-6-8-14(9-7-13)18(12,15)16;/h2-5H,6-9H2,1H3,(H2,12,15,16);1H. The maximum absolute atomic E-state index is 11.2. The molecule has 0 spiro atoms. The molecule has 19 heavy (non-hydrogen) atoms. The Morgan fingerprint density at radius 2 is 1.74 bits per heavy atom. The van der Waals surface area contributed by atoms with Crippen molar-refractivity contribution in [2.45, 2.75) is 0 Å². The van der Waals surface area contributed by atoms with Gasteiger partial charge in [-0.2, -0.15) is 12.7 Å². The Morgan fingerprint density at radius 1 is 1.16 bits per heavy atom. The van der Waals surface area contributed by atoms with E-state index in [9.17, 15) is 8.42 Å². The van der Waals surface area contributed by atoms with Gasteiger partial charge in [-0.3, -0.25) is 0 Å². The highest BCUT2D eigenvalue weighted by molar-refractivity contribution is 7.86. The van der Waals surface area contributed by atoms with Crippen LogP contribution in [0.4, 0.5) is 5.69 Å². The number of para-hydroxylation sites is 2. The van der Waals surface area contributed by atoms with E-state index >= 15 is 0 Å². The molecule has 8 heteroatoms. The second-order valence-electron chi connectivity index (χ2n) is 4.10. The van der Waals surface area contributed by atoms with Crippen molar-refractivity contribution in [2.24, 2.45) is 5.14 Å². The molecular weight excluding hydrogens is 290 g/mol. The molecule has 6 nitrogen and oxygen atoms in total. The zero-order valence-electron chi connectivity index (χ0n) is 10.7. The maximum Gasteiger partial charge on any atom is 0.277 e. The number of methoxy groups -OCH3 is 1. The van der Waals surface area contributed by atoms with Crippen molar-refractivity contribution in [3.8, 4) is 5.75 Å². The number of hydrogen-bond donors (Lipinski definition) is 1. The molecule has 0 radical (unpaired) electrons. The number of nitrogens with two attached hydrogens (primary N) is 1. The molecule has 1 heterocycles. The van der Waals surface area contributed by atoms with Crippen molar-refractivity contribution in [3.05, 3.63) is 24.3 Å². The third-order valence-electron chi connectivity index (χ3n) is 3.02. The quantitative estimate of drug-likeness (QED) is 0.879. The predicted octanol–water partition coefficient (Wildman–Crippen LogP) is 0.443. The highest BCUT2D eigenvalue weighted by atomic mass is 35.5. The van der Waals surface area contributed by atoms with E-state index in [4.69, 9.17) is 9.88 Å². The zero-order valence-corrected chi connectivity index (χ0v) is 12.3. The van der Waals surface area contributed by atoms with E-state index in [1.165, 1.54) is 4.31 Å². The predicted molar refractivity (Wildman–Crippen MR) is 77.1 cm³/mol. The lowest BCUT2D eigenvalue weighted by Gasteiger charge is -2.35. The van der Waals surface area contributed by atoms with Crippen LogP contribution in [-0.4, -0.2) is 46.0 Å². The number of hydrogen-bond acceptors (Lipinski definition) is 4. The molecule has 0 amide bonds. The van der Waals surface area contributed by atoms with Gasteiger partial charge in [0.25, 0.3) is 10.2 Å². The van der Waals surface area contributed by atoms with Gasteiger partial charge in [-0.15, -0.1) is 12.4 Å². The van der Waals surface area contributed by atoms with Crippen LogP contribution in [0.25, 0.3) is 0 Å². The Labute approximate surface area is 119 Å². The number of anilines is 1. The van der Waals surface area contributed by atoms with E-state index in [0.717, 1.165) is 11.4 Å². The Morgan fingerprint density at radius 3 is 2.26 bits per heavy atom. The molecule has 0 saturated carbocycles. The molecule has 0 aromatic heterocycles. The molecule has 0 bridgehead atoms. The summed E-state index contributed by atoms with van der Waals surface area (Å²) in [5.74, 6) is 0.793. The lowest BCUT2D eigenvalue weighted by Crippen LogP contribution is -2.50. The molecule has 108 valence electrons. The molecule has 0 aliphatic carbocycles. The normalized spacial score (nSPS) is 16.8. The average molecular weight is 308 g/mol. The van der Waals surface area contributed by atoms with Gasteiger partial charge in [0, 0.05) is 26.2 Å². The molecule has 1 aromatic carbocycles. The molecule has 1 aromatic rings. The number of benzene rings is 1. The molecule has 1 saturated heterocycles. The SMILES string of the molecule is COc1ccccc1N1CCN(S(N)(=O)=O)CC1.Cl. The fourth-order valence-corrected chi connectivity index (χ4v) is 2.75. The number of rotatable bonds is 3. The first-order valence-corrected chi connectivity index (χ1v) is 7.18. The second kappa shape index (κ2) is 6.42.